The lowest BCUT2D eigenvalue weighted by Gasteiger charge is -2.22. The molecule has 0 saturated heterocycles. The number of amides is 2. The molecule has 15 heteroatoms. The first-order valence-electron chi connectivity index (χ1n) is 12.0. The molecule has 0 aliphatic carbocycles. The van der Waals surface area contributed by atoms with Crippen LogP contribution in [0.3, 0.4) is 0 Å². The first kappa shape index (κ1) is 29.2. The van der Waals surface area contributed by atoms with Crippen LogP contribution < -0.4 is 10.6 Å². The number of tetrazole rings is 1. The highest BCUT2D eigenvalue weighted by atomic mass is 35.5. The van der Waals surface area contributed by atoms with Gasteiger partial charge in [-0.1, -0.05) is 29.8 Å². The summed E-state index contributed by atoms with van der Waals surface area (Å²) in [6.45, 7) is 14.1. The van der Waals surface area contributed by atoms with Gasteiger partial charge in [0.15, 0.2) is 5.69 Å². The molecular weight excluding hydrogens is 563 g/mol. The van der Waals surface area contributed by atoms with E-state index in [2.05, 4.69) is 36.0 Å². The molecule has 2 aromatic heterocycles. The zero-order valence-electron chi connectivity index (χ0n) is 22.2. The molecule has 0 aliphatic rings. The average Bonchev–Trinajstić information content (AvgIpc) is 3.52. The lowest BCUT2D eigenvalue weighted by molar-refractivity contribution is -0.145. The summed E-state index contributed by atoms with van der Waals surface area (Å²) in [6.07, 6.45) is -4.78. The van der Waals surface area contributed by atoms with Gasteiger partial charge >= 0.3 is 6.18 Å². The summed E-state index contributed by atoms with van der Waals surface area (Å²) in [7, 11) is 0. The Morgan fingerprint density at radius 3 is 2.39 bits per heavy atom. The quantitative estimate of drug-likeness (QED) is 0.299. The third-order valence-electron chi connectivity index (χ3n) is 5.50. The van der Waals surface area contributed by atoms with Gasteiger partial charge in [-0.15, -0.1) is 10.2 Å². The second-order valence-electron chi connectivity index (χ2n) is 9.98. The van der Waals surface area contributed by atoms with Crippen molar-refractivity contribution in [2.45, 2.75) is 46.0 Å². The van der Waals surface area contributed by atoms with Gasteiger partial charge < -0.3 is 10.6 Å². The van der Waals surface area contributed by atoms with E-state index in [4.69, 9.17) is 18.2 Å². The smallest absolute Gasteiger partial charge is 0.347 e. The zero-order valence-corrected chi connectivity index (χ0v) is 23.0. The molecule has 11 nitrogen and oxygen atoms in total. The van der Waals surface area contributed by atoms with Gasteiger partial charge in [0.25, 0.3) is 17.6 Å². The summed E-state index contributed by atoms with van der Waals surface area (Å²) in [4.78, 5) is 30.9. The van der Waals surface area contributed by atoms with E-state index in [-0.39, 0.29) is 39.9 Å². The van der Waals surface area contributed by atoms with Crippen LogP contribution in [0.15, 0.2) is 42.5 Å². The molecule has 41 heavy (non-hydrogen) atoms. The molecule has 2 amide bonds. The van der Waals surface area contributed by atoms with Gasteiger partial charge in [-0.05, 0) is 62.7 Å². The fraction of sp³-hybridized carbons (Fsp3) is 0.269. The molecule has 2 N–H and O–H groups in total. The predicted octanol–water partition coefficient (Wildman–Crippen LogP) is 5.22. The van der Waals surface area contributed by atoms with E-state index in [1.807, 2.05) is 0 Å². The molecule has 4 aromatic rings. The van der Waals surface area contributed by atoms with Crippen molar-refractivity contribution < 1.29 is 22.8 Å². The number of rotatable bonds is 6. The summed E-state index contributed by atoms with van der Waals surface area (Å²) in [5.41, 5.74) is 0.730. The molecule has 0 atom stereocenters. The van der Waals surface area contributed by atoms with Gasteiger partial charge in [0.05, 0.1) is 34.2 Å². The van der Waals surface area contributed by atoms with Crippen LogP contribution in [0.1, 0.15) is 58.7 Å². The third kappa shape index (κ3) is 6.69. The number of nitrogens with one attached hydrogen (secondary N) is 2. The second-order valence-corrected chi connectivity index (χ2v) is 10.4. The Balaban J connectivity index is 1.76. The van der Waals surface area contributed by atoms with Crippen LogP contribution in [0.5, 0.6) is 0 Å². The van der Waals surface area contributed by atoms with E-state index < -0.39 is 29.4 Å². The number of carbonyl (C=O) groups is 2. The summed E-state index contributed by atoms with van der Waals surface area (Å²) >= 11 is 6.37. The highest BCUT2D eigenvalue weighted by molar-refractivity contribution is 6.32. The van der Waals surface area contributed by atoms with Crippen molar-refractivity contribution in [2.24, 2.45) is 0 Å². The molecule has 0 spiro atoms. The Hall–Kier alpha value is -4.77. The number of benzene rings is 2. The van der Waals surface area contributed by atoms with Gasteiger partial charge in [0.2, 0.25) is 0 Å². The molecule has 0 radical (unpaired) electrons. The van der Waals surface area contributed by atoms with Crippen molar-refractivity contribution in [1.29, 1.82) is 0 Å². The SMILES string of the molecule is [C-]#[N+]c1cc(C)c(NC(=O)c2cc(Cn3nnc(C(F)(F)F)n3)nn2-c2ccccc2Cl)c(C(=O)NC(C)(C)C)c1. The molecule has 2 heterocycles. The number of halogens is 4. The largest absolute Gasteiger partial charge is 0.455 e. The highest BCUT2D eigenvalue weighted by Gasteiger charge is 2.37. The van der Waals surface area contributed by atoms with Crippen LogP contribution in [0.2, 0.25) is 5.02 Å². The number of para-hydroxylation sites is 1. The Bertz CT molecular complexity index is 1680. The van der Waals surface area contributed by atoms with Crippen LogP contribution >= 0.6 is 11.6 Å². The monoisotopic (exact) mass is 585 g/mol. The van der Waals surface area contributed by atoms with Crippen molar-refractivity contribution in [2.75, 3.05) is 5.32 Å². The topological polar surface area (TPSA) is 124 Å². The minimum atomic E-state index is -4.78. The molecule has 0 fully saturated rings. The molecule has 212 valence electrons. The fourth-order valence-corrected chi connectivity index (χ4v) is 4.02. The number of aryl methyl sites for hydroxylation is 1. The minimum Gasteiger partial charge on any atom is -0.347 e. The zero-order chi connectivity index (χ0) is 30.1. The van der Waals surface area contributed by atoms with Crippen LogP contribution in [-0.4, -0.2) is 47.3 Å². The summed E-state index contributed by atoms with van der Waals surface area (Å²) < 4.78 is 40.0. The molecule has 0 saturated carbocycles. The van der Waals surface area contributed by atoms with Crippen LogP contribution in [-0.2, 0) is 12.7 Å². The maximum absolute atomic E-state index is 13.7. The standard InChI is InChI=1S/C26H23ClF3N9O2/c1-14-10-15(31-5)11-17(22(40)33-25(2,3)4)21(14)32-23(41)20-12-16(13-38-36-24(34-37-38)26(28,29)30)35-39(20)19-9-7-6-8-18(19)27/h6-12H,13H2,1-4H3,(H,32,41)(H,33,40). The van der Waals surface area contributed by atoms with Crippen molar-refractivity contribution in [3.63, 3.8) is 0 Å². The highest BCUT2D eigenvalue weighted by Crippen LogP contribution is 2.30. The van der Waals surface area contributed by atoms with Crippen molar-refractivity contribution in [1.82, 2.24) is 35.3 Å². The average molecular weight is 586 g/mol. The van der Waals surface area contributed by atoms with E-state index in [0.29, 0.717) is 16.0 Å². The Kier molecular flexibility index (Phi) is 7.85. The van der Waals surface area contributed by atoms with E-state index >= 15 is 0 Å². The molecule has 4 rings (SSSR count). The van der Waals surface area contributed by atoms with Gasteiger partial charge in [0.1, 0.15) is 12.2 Å². The first-order chi connectivity index (χ1) is 19.2. The summed E-state index contributed by atoms with van der Waals surface area (Å²) in [6, 6.07) is 10.8. The van der Waals surface area contributed by atoms with Gasteiger partial charge in [-0.2, -0.15) is 23.1 Å². The van der Waals surface area contributed by atoms with E-state index in [0.717, 1.165) is 0 Å². The summed E-state index contributed by atoms with van der Waals surface area (Å²) in [5.74, 6) is -2.62. The van der Waals surface area contributed by atoms with E-state index in [9.17, 15) is 22.8 Å². The minimum absolute atomic E-state index is 0.0416. The number of hydrogen-bond acceptors (Lipinski definition) is 6. The fourth-order valence-electron chi connectivity index (χ4n) is 3.81. The van der Waals surface area contributed by atoms with Crippen molar-refractivity contribution in [3.05, 3.63) is 87.2 Å². The van der Waals surface area contributed by atoms with Crippen LogP contribution in [0.4, 0.5) is 24.5 Å². The van der Waals surface area contributed by atoms with E-state index in [1.54, 1.807) is 52.0 Å². The van der Waals surface area contributed by atoms with E-state index in [1.165, 1.54) is 22.9 Å². The lowest BCUT2D eigenvalue weighted by atomic mass is 10.0. The van der Waals surface area contributed by atoms with Gasteiger partial charge in [-0.25, -0.2) is 9.53 Å². The predicted molar refractivity (Wildman–Crippen MR) is 143 cm³/mol. The number of carbonyl (C=O) groups excluding carboxylic acids is 2. The van der Waals surface area contributed by atoms with Crippen molar-refractivity contribution >= 4 is 34.8 Å². The maximum atomic E-state index is 13.7. The van der Waals surface area contributed by atoms with Gasteiger partial charge in [-0.3, -0.25) is 9.59 Å². The molecule has 0 unspecified atom stereocenters. The molecule has 0 aliphatic heterocycles. The van der Waals surface area contributed by atoms with Crippen LogP contribution in [0.25, 0.3) is 10.5 Å². The summed E-state index contributed by atoms with van der Waals surface area (Å²) in [5, 5.41) is 19.9. The number of hydrogen-bond donors (Lipinski definition) is 2. The Labute approximate surface area is 237 Å². The Morgan fingerprint density at radius 2 is 1.78 bits per heavy atom. The maximum Gasteiger partial charge on any atom is 0.455 e. The lowest BCUT2D eigenvalue weighted by Crippen LogP contribution is -2.41. The second kappa shape index (κ2) is 11.0. The van der Waals surface area contributed by atoms with Crippen LogP contribution in [0, 0.1) is 13.5 Å². The number of anilines is 1. The number of aromatic nitrogens is 6. The van der Waals surface area contributed by atoms with Crippen molar-refractivity contribution in [3.8, 4) is 5.69 Å². The normalized spacial score (nSPS) is 11.7. The third-order valence-corrected chi connectivity index (χ3v) is 5.82. The number of nitrogens with zero attached hydrogens (tertiary/aromatic N) is 7. The molecule has 2 aromatic carbocycles. The number of alkyl halides is 3. The first-order valence-corrected chi connectivity index (χ1v) is 12.4. The molecular formula is C26H23ClF3N9O2. The van der Waals surface area contributed by atoms with Gasteiger partial charge in [0, 0.05) is 5.54 Å². The molecule has 0 bridgehead atoms. The Morgan fingerprint density at radius 1 is 1.07 bits per heavy atom.